The third-order valence-corrected chi connectivity index (χ3v) is 4.82. The summed E-state index contributed by atoms with van der Waals surface area (Å²) in [6.07, 6.45) is 0. The number of carbonyl (C=O) groups is 2. The lowest BCUT2D eigenvalue weighted by Crippen LogP contribution is -2.50. The summed E-state index contributed by atoms with van der Waals surface area (Å²) in [5.41, 5.74) is 6.84. The SMILES string of the molecule is COc1cc(N)c(Cl)cc1C(=O)N1CCN(C(=O)c2ccc(F)cc2)CC1. The number of anilines is 1. The van der Waals surface area contributed by atoms with Crippen molar-refractivity contribution in [1.82, 2.24) is 9.80 Å². The van der Waals surface area contributed by atoms with Gasteiger partial charge in [0, 0.05) is 37.8 Å². The molecule has 0 aromatic heterocycles. The molecule has 8 heteroatoms. The number of carbonyl (C=O) groups excluding carboxylic acids is 2. The van der Waals surface area contributed by atoms with Crippen molar-refractivity contribution < 1.29 is 18.7 Å². The van der Waals surface area contributed by atoms with Crippen molar-refractivity contribution in [3.8, 4) is 5.75 Å². The third-order valence-electron chi connectivity index (χ3n) is 4.49. The van der Waals surface area contributed by atoms with Crippen LogP contribution in [0.1, 0.15) is 20.7 Å². The van der Waals surface area contributed by atoms with Gasteiger partial charge in [-0.2, -0.15) is 0 Å². The molecule has 1 heterocycles. The summed E-state index contributed by atoms with van der Waals surface area (Å²) in [7, 11) is 1.46. The van der Waals surface area contributed by atoms with Crippen molar-refractivity contribution >= 4 is 29.1 Å². The van der Waals surface area contributed by atoms with Crippen molar-refractivity contribution in [1.29, 1.82) is 0 Å². The minimum absolute atomic E-state index is 0.185. The standard InChI is InChI=1S/C19H19ClFN3O3/c1-27-17-11-16(22)15(20)10-14(17)19(26)24-8-6-23(7-9-24)18(25)12-2-4-13(21)5-3-12/h2-5,10-11H,6-9,22H2,1H3. The largest absolute Gasteiger partial charge is 0.496 e. The Morgan fingerprint density at radius 3 is 2.15 bits per heavy atom. The maximum Gasteiger partial charge on any atom is 0.257 e. The average Bonchev–Trinajstić information content (AvgIpc) is 2.69. The minimum atomic E-state index is -0.391. The number of nitrogens with two attached hydrogens (primary N) is 1. The smallest absolute Gasteiger partial charge is 0.257 e. The number of ether oxygens (including phenoxy) is 1. The van der Waals surface area contributed by atoms with E-state index in [1.54, 1.807) is 9.80 Å². The molecule has 142 valence electrons. The van der Waals surface area contributed by atoms with E-state index in [1.807, 2.05) is 0 Å². The Bertz CT molecular complexity index is 865. The van der Waals surface area contributed by atoms with E-state index in [0.717, 1.165) is 0 Å². The van der Waals surface area contributed by atoms with Crippen LogP contribution in [0.25, 0.3) is 0 Å². The molecule has 2 aromatic rings. The number of nitrogens with zero attached hydrogens (tertiary/aromatic N) is 2. The Hall–Kier alpha value is -2.80. The van der Waals surface area contributed by atoms with Crippen LogP contribution < -0.4 is 10.5 Å². The highest BCUT2D eigenvalue weighted by molar-refractivity contribution is 6.33. The molecule has 1 saturated heterocycles. The predicted molar refractivity (Wildman–Crippen MR) is 101 cm³/mol. The fraction of sp³-hybridized carbons (Fsp3) is 0.263. The molecule has 2 amide bonds. The highest BCUT2D eigenvalue weighted by Gasteiger charge is 2.27. The zero-order valence-corrected chi connectivity index (χ0v) is 15.5. The molecular formula is C19H19ClFN3O3. The monoisotopic (exact) mass is 391 g/mol. The van der Waals surface area contributed by atoms with Crippen LogP contribution >= 0.6 is 11.6 Å². The number of benzene rings is 2. The molecule has 6 nitrogen and oxygen atoms in total. The molecule has 0 unspecified atom stereocenters. The van der Waals surface area contributed by atoms with Gasteiger partial charge in [-0.3, -0.25) is 9.59 Å². The highest BCUT2D eigenvalue weighted by atomic mass is 35.5. The molecule has 2 aromatic carbocycles. The molecule has 0 spiro atoms. The first-order valence-corrected chi connectivity index (χ1v) is 8.75. The van der Waals surface area contributed by atoms with Gasteiger partial charge in [0.2, 0.25) is 0 Å². The molecule has 0 bridgehead atoms. The summed E-state index contributed by atoms with van der Waals surface area (Å²) in [5, 5.41) is 0.282. The lowest BCUT2D eigenvalue weighted by molar-refractivity contribution is 0.0533. The molecule has 27 heavy (non-hydrogen) atoms. The van der Waals surface area contributed by atoms with Crippen molar-refractivity contribution in [2.75, 3.05) is 39.0 Å². The quantitative estimate of drug-likeness (QED) is 0.816. The molecule has 0 atom stereocenters. The van der Waals surface area contributed by atoms with E-state index in [0.29, 0.717) is 48.7 Å². The summed E-state index contributed by atoms with van der Waals surface area (Å²) in [4.78, 5) is 28.6. The van der Waals surface area contributed by atoms with E-state index < -0.39 is 5.82 Å². The average molecular weight is 392 g/mol. The van der Waals surface area contributed by atoms with Gasteiger partial charge in [-0.05, 0) is 30.3 Å². The fourth-order valence-electron chi connectivity index (χ4n) is 2.96. The first-order chi connectivity index (χ1) is 12.9. The van der Waals surface area contributed by atoms with E-state index in [9.17, 15) is 14.0 Å². The predicted octanol–water partition coefficient (Wildman–Crippen LogP) is 2.67. The zero-order chi connectivity index (χ0) is 19.6. The van der Waals surface area contributed by atoms with Crippen LogP contribution in [0, 0.1) is 5.82 Å². The van der Waals surface area contributed by atoms with E-state index in [4.69, 9.17) is 22.1 Å². The molecule has 1 fully saturated rings. The number of nitrogen functional groups attached to an aromatic ring is 1. The molecule has 2 N–H and O–H groups in total. The second-order valence-corrected chi connectivity index (χ2v) is 6.57. The summed E-state index contributed by atoms with van der Waals surface area (Å²) in [5.74, 6) is -0.456. The summed E-state index contributed by atoms with van der Waals surface area (Å²) < 4.78 is 18.3. The number of amides is 2. The van der Waals surface area contributed by atoms with Gasteiger partial charge in [0.05, 0.1) is 23.4 Å². The van der Waals surface area contributed by atoms with Gasteiger partial charge in [-0.25, -0.2) is 4.39 Å². The normalized spacial score (nSPS) is 14.2. The second-order valence-electron chi connectivity index (χ2n) is 6.17. The van der Waals surface area contributed by atoms with Crippen molar-refractivity contribution in [2.24, 2.45) is 0 Å². The number of hydrogen-bond acceptors (Lipinski definition) is 4. The zero-order valence-electron chi connectivity index (χ0n) is 14.7. The molecular weight excluding hydrogens is 373 g/mol. The van der Waals surface area contributed by atoms with Crippen LogP contribution in [0.15, 0.2) is 36.4 Å². The first kappa shape index (κ1) is 19.0. The number of halogens is 2. The van der Waals surface area contributed by atoms with Gasteiger partial charge in [0.15, 0.2) is 0 Å². The summed E-state index contributed by atoms with van der Waals surface area (Å²) >= 11 is 6.04. The Morgan fingerprint density at radius 2 is 1.59 bits per heavy atom. The van der Waals surface area contributed by atoms with Crippen LogP contribution in [0.2, 0.25) is 5.02 Å². The molecule has 3 rings (SSSR count). The number of methoxy groups -OCH3 is 1. The molecule has 0 radical (unpaired) electrons. The topological polar surface area (TPSA) is 75.9 Å². The first-order valence-electron chi connectivity index (χ1n) is 8.38. The third kappa shape index (κ3) is 3.98. The Balaban J connectivity index is 1.69. The van der Waals surface area contributed by atoms with Gasteiger partial charge in [-0.1, -0.05) is 11.6 Å². The lowest BCUT2D eigenvalue weighted by atomic mass is 10.1. The Kier molecular flexibility index (Phi) is 5.51. The number of piperazine rings is 1. The van der Waals surface area contributed by atoms with Crippen LogP contribution in [-0.4, -0.2) is 54.9 Å². The summed E-state index contributed by atoms with van der Waals surface area (Å²) in [6, 6.07) is 8.43. The van der Waals surface area contributed by atoms with E-state index >= 15 is 0 Å². The van der Waals surface area contributed by atoms with Gasteiger partial charge < -0.3 is 20.3 Å². The van der Waals surface area contributed by atoms with Crippen molar-refractivity contribution in [3.63, 3.8) is 0 Å². The molecule has 1 aliphatic heterocycles. The Labute approximate surface area is 161 Å². The minimum Gasteiger partial charge on any atom is -0.496 e. The van der Waals surface area contributed by atoms with E-state index in [2.05, 4.69) is 0 Å². The molecule has 1 aliphatic rings. The van der Waals surface area contributed by atoms with Gasteiger partial charge in [0.25, 0.3) is 11.8 Å². The maximum atomic E-state index is 13.0. The van der Waals surface area contributed by atoms with Crippen LogP contribution in [0.3, 0.4) is 0 Å². The maximum absolute atomic E-state index is 13.0. The van der Waals surface area contributed by atoms with Crippen molar-refractivity contribution in [2.45, 2.75) is 0 Å². The highest BCUT2D eigenvalue weighted by Crippen LogP contribution is 2.30. The fourth-order valence-corrected chi connectivity index (χ4v) is 3.13. The van der Waals surface area contributed by atoms with Crippen molar-refractivity contribution in [3.05, 3.63) is 58.4 Å². The lowest BCUT2D eigenvalue weighted by Gasteiger charge is -2.35. The summed E-state index contributed by atoms with van der Waals surface area (Å²) in [6.45, 7) is 1.51. The van der Waals surface area contributed by atoms with E-state index in [1.165, 1.54) is 43.5 Å². The Morgan fingerprint density at radius 1 is 1.04 bits per heavy atom. The van der Waals surface area contributed by atoms with Crippen LogP contribution in [0.5, 0.6) is 5.75 Å². The molecule has 0 aliphatic carbocycles. The van der Waals surface area contributed by atoms with Gasteiger partial charge >= 0.3 is 0 Å². The molecule has 0 saturated carbocycles. The van der Waals surface area contributed by atoms with E-state index in [-0.39, 0.29) is 16.8 Å². The van der Waals surface area contributed by atoms with Gasteiger partial charge in [0.1, 0.15) is 11.6 Å². The van der Waals surface area contributed by atoms with Crippen LogP contribution in [-0.2, 0) is 0 Å². The van der Waals surface area contributed by atoms with Gasteiger partial charge in [-0.15, -0.1) is 0 Å². The van der Waals surface area contributed by atoms with Crippen LogP contribution in [0.4, 0.5) is 10.1 Å². The second kappa shape index (κ2) is 7.84. The number of rotatable bonds is 3. The number of hydrogen-bond donors (Lipinski definition) is 1.